The number of nitro benzene ring substituents is 1. The lowest BCUT2D eigenvalue weighted by Gasteiger charge is -2.05. The van der Waals surface area contributed by atoms with Crippen molar-refractivity contribution in [2.45, 2.75) is 12.8 Å². The molecule has 0 saturated carbocycles. The number of aromatic nitrogens is 1. The van der Waals surface area contributed by atoms with Gasteiger partial charge in [0.2, 0.25) is 11.8 Å². The fourth-order valence-corrected chi connectivity index (χ4v) is 2.13. The lowest BCUT2D eigenvalue weighted by atomic mass is 10.2. The van der Waals surface area contributed by atoms with Crippen LogP contribution in [-0.4, -0.2) is 21.7 Å². The number of non-ortho nitro benzene ring substituents is 1. The van der Waals surface area contributed by atoms with Crippen molar-refractivity contribution >= 4 is 39.7 Å². The Kier molecular flexibility index (Phi) is 5.15. The van der Waals surface area contributed by atoms with E-state index in [1.165, 1.54) is 35.6 Å². The van der Waals surface area contributed by atoms with Gasteiger partial charge in [-0.05, 0) is 12.1 Å². The monoisotopic (exact) mass is 320 g/mol. The van der Waals surface area contributed by atoms with Gasteiger partial charge in [0, 0.05) is 42.2 Å². The van der Waals surface area contributed by atoms with Crippen LogP contribution in [0.5, 0.6) is 0 Å². The van der Waals surface area contributed by atoms with E-state index in [0.29, 0.717) is 10.8 Å². The van der Waals surface area contributed by atoms with Crippen LogP contribution in [0.25, 0.3) is 0 Å². The number of nitrogens with zero attached hydrogens (tertiary/aromatic N) is 2. The summed E-state index contributed by atoms with van der Waals surface area (Å²) in [7, 11) is 0. The van der Waals surface area contributed by atoms with Crippen LogP contribution in [-0.2, 0) is 9.59 Å². The normalized spacial score (nSPS) is 10.0. The number of amides is 2. The van der Waals surface area contributed by atoms with Gasteiger partial charge >= 0.3 is 0 Å². The fourth-order valence-electron chi connectivity index (χ4n) is 1.58. The molecule has 2 N–H and O–H groups in total. The highest BCUT2D eigenvalue weighted by Crippen LogP contribution is 2.16. The van der Waals surface area contributed by atoms with E-state index < -0.39 is 4.92 Å². The maximum atomic E-state index is 11.7. The first-order chi connectivity index (χ1) is 10.5. The molecule has 1 heterocycles. The zero-order chi connectivity index (χ0) is 15.9. The molecule has 9 heteroatoms. The standard InChI is InChI=1S/C13H12N4O4S/c18-11(5-6-12(19)16-13-14-7-8-22-13)15-9-1-3-10(4-2-9)17(20)21/h1-4,7-8H,5-6H2,(H,15,18)(H,14,16,19). The second-order valence-corrected chi connectivity index (χ2v) is 5.13. The predicted molar refractivity (Wildman–Crippen MR) is 81.7 cm³/mol. The summed E-state index contributed by atoms with van der Waals surface area (Å²) in [6.45, 7) is 0. The summed E-state index contributed by atoms with van der Waals surface area (Å²) in [4.78, 5) is 37.2. The molecule has 0 unspecified atom stereocenters. The van der Waals surface area contributed by atoms with Crippen LogP contribution in [0, 0.1) is 10.1 Å². The summed E-state index contributed by atoms with van der Waals surface area (Å²) < 4.78 is 0. The number of rotatable bonds is 6. The maximum Gasteiger partial charge on any atom is 0.269 e. The van der Waals surface area contributed by atoms with Crippen LogP contribution in [0.15, 0.2) is 35.8 Å². The molecule has 0 spiro atoms. The Morgan fingerprint density at radius 2 is 1.77 bits per heavy atom. The van der Waals surface area contributed by atoms with E-state index in [0.717, 1.165) is 0 Å². The molecule has 22 heavy (non-hydrogen) atoms. The molecule has 2 rings (SSSR count). The molecule has 114 valence electrons. The van der Waals surface area contributed by atoms with Crippen LogP contribution in [0.4, 0.5) is 16.5 Å². The second-order valence-electron chi connectivity index (χ2n) is 4.24. The summed E-state index contributed by atoms with van der Waals surface area (Å²) in [5.74, 6) is -0.642. The molecule has 0 aliphatic rings. The SMILES string of the molecule is O=C(CCC(=O)Nc1nccs1)Nc1ccc([N+](=O)[O-])cc1. The van der Waals surface area contributed by atoms with Gasteiger partial charge in [0.25, 0.3) is 5.69 Å². The van der Waals surface area contributed by atoms with Gasteiger partial charge < -0.3 is 10.6 Å². The van der Waals surface area contributed by atoms with Gasteiger partial charge in [-0.2, -0.15) is 0 Å². The summed E-state index contributed by atoms with van der Waals surface area (Å²) in [5, 5.41) is 17.9. The minimum atomic E-state index is -0.519. The third-order valence-electron chi connectivity index (χ3n) is 2.62. The van der Waals surface area contributed by atoms with Crippen LogP contribution >= 0.6 is 11.3 Å². The first-order valence-corrected chi connectivity index (χ1v) is 7.16. The highest BCUT2D eigenvalue weighted by Gasteiger charge is 2.09. The quantitative estimate of drug-likeness (QED) is 0.626. The van der Waals surface area contributed by atoms with E-state index in [9.17, 15) is 19.7 Å². The van der Waals surface area contributed by atoms with Crippen molar-refractivity contribution < 1.29 is 14.5 Å². The molecule has 1 aromatic heterocycles. The summed E-state index contributed by atoms with van der Waals surface area (Å²) >= 11 is 1.29. The van der Waals surface area contributed by atoms with Gasteiger partial charge in [-0.1, -0.05) is 0 Å². The smallest absolute Gasteiger partial charge is 0.269 e. The first kappa shape index (κ1) is 15.6. The van der Waals surface area contributed by atoms with E-state index in [1.807, 2.05) is 0 Å². The number of hydrogen-bond acceptors (Lipinski definition) is 6. The number of hydrogen-bond donors (Lipinski definition) is 2. The van der Waals surface area contributed by atoms with Gasteiger partial charge in [-0.15, -0.1) is 11.3 Å². The molecular weight excluding hydrogens is 308 g/mol. The number of carbonyl (C=O) groups is 2. The lowest BCUT2D eigenvalue weighted by molar-refractivity contribution is -0.384. The Balaban J connectivity index is 1.77. The number of carbonyl (C=O) groups excluding carboxylic acids is 2. The van der Waals surface area contributed by atoms with Crippen molar-refractivity contribution in [1.82, 2.24) is 4.98 Å². The average molecular weight is 320 g/mol. The van der Waals surface area contributed by atoms with Gasteiger partial charge in [0.05, 0.1) is 4.92 Å². The molecule has 0 aliphatic heterocycles. The molecule has 2 aromatic rings. The van der Waals surface area contributed by atoms with Crippen molar-refractivity contribution in [3.63, 3.8) is 0 Å². The Morgan fingerprint density at radius 3 is 2.32 bits per heavy atom. The third kappa shape index (κ3) is 4.63. The Bertz CT molecular complexity index is 670. The van der Waals surface area contributed by atoms with Crippen molar-refractivity contribution in [1.29, 1.82) is 0 Å². The molecule has 2 amide bonds. The zero-order valence-corrected chi connectivity index (χ0v) is 12.1. The lowest BCUT2D eigenvalue weighted by Crippen LogP contribution is -2.17. The van der Waals surface area contributed by atoms with Crippen molar-refractivity contribution in [3.8, 4) is 0 Å². The molecule has 8 nitrogen and oxygen atoms in total. The highest BCUT2D eigenvalue weighted by atomic mass is 32.1. The number of nitrogens with one attached hydrogen (secondary N) is 2. The Labute approximate surface area is 129 Å². The Hall–Kier alpha value is -2.81. The first-order valence-electron chi connectivity index (χ1n) is 6.28. The van der Waals surface area contributed by atoms with Crippen molar-refractivity contribution in [3.05, 3.63) is 46.0 Å². The van der Waals surface area contributed by atoms with Gasteiger partial charge in [0.15, 0.2) is 5.13 Å². The number of nitro groups is 1. The molecule has 1 aromatic carbocycles. The predicted octanol–water partition coefficient (Wildman–Crippen LogP) is 2.41. The fraction of sp³-hybridized carbons (Fsp3) is 0.154. The highest BCUT2D eigenvalue weighted by molar-refractivity contribution is 7.13. The molecule has 0 atom stereocenters. The van der Waals surface area contributed by atoms with Gasteiger partial charge in [0.1, 0.15) is 0 Å². The molecule has 0 fully saturated rings. The van der Waals surface area contributed by atoms with Gasteiger partial charge in [-0.3, -0.25) is 19.7 Å². The van der Waals surface area contributed by atoms with E-state index in [2.05, 4.69) is 15.6 Å². The van der Waals surface area contributed by atoms with E-state index in [4.69, 9.17) is 0 Å². The topological polar surface area (TPSA) is 114 Å². The van der Waals surface area contributed by atoms with E-state index in [1.54, 1.807) is 11.6 Å². The van der Waals surface area contributed by atoms with Crippen LogP contribution in [0.1, 0.15) is 12.8 Å². The van der Waals surface area contributed by atoms with Crippen molar-refractivity contribution in [2.24, 2.45) is 0 Å². The molecule has 0 aliphatic carbocycles. The summed E-state index contributed by atoms with van der Waals surface area (Å²) in [5.41, 5.74) is 0.386. The third-order valence-corrected chi connectivity index (χ3v) is 3.31. The number of thiazole rings is 1. The van der Waals surface area contributed by atoms with Crippen LogP contribution in [0.3, 0.4) is 0 Å². The Morgan fingerprint density at radius 1 is 1.14 bits per heavy atom. The molecule has 0 saturated heterocycles. The molecular formula is C13H12N4O4S. The number of anilines is 2. The van der Waals surface area contributed by atoms with Crippen LogP contribution in [0.2, 0.25) is 0 Å². The second kappa shape index (κ2) is 7.27. The average Bonchev–Trinajstić information content (AvgIpc) is 2.98. The van der Waals surface area contributed by atoms with E-state index in [-0.39, 0.29) is 30.3 Å². The van der Waals surface area contributed by atoms with Crippen LogP contribution < -0.4 is 10.6 Å². The minimum absolute atomic E-state index is 0.00813. The van der Waals surface area contributed by atoms with E-state index >= 15 is 0 Å². The summed E-state index contributed by atoms with van der Waals surface area (Å²) in [6, 6.07) is 5.47. The van der Waals surface area contributed by atoms with Crippen molar-refractivity contribution in [2.75, 3.05) is 10.6 Å². The maximum absolute atomic E-state index is 11.7. The zero-order valence-electron chi connectivity index (χ0n) is 11.3. The van der Waals surface area contributed by atoms with Gasteiger partial charge in [-0.25, -0.2) is 4.98 Å². The largest absolute Gasteiger partial charge is 0.326 e. The number of benzene rings is 1. The minimum Gasteiger partial charge on any atom is -0.326 e. The summed E-state index contributed by atoms with van der Waals surface area (Å²) in [6.07, 6.45) is 1.61. The molecule has 0 bridgehead atoms. The molecule has 0 radical (unpaired) electrons.